The molecule has 3 rings (SSSR count). The van der Waals surface area contributed by atoms with Gasteiger partial charge in [-0.1, -0.05) is 0 Å². The number of carbonyl (C=O) groups excluding carboxylic acids is 1. The minimum atomic E-state index is -0.315. The number of aromatic nitrogens is 3. The average Bonchev–Trinajstić information content (AvgIpc) is 3.15. The van der Waals surface area contributed by atoms with Crippen molar-refractivity contribution in [2.75, 3.05) is 19.6 Å². The first-order chi connectivity index (χ1) is 10.2. The highest BCUT2D eigenvalue weighted by Crippen LogP contribution is 2.22. The van der Waals surface area contributed by atoms with Crippen LogP contribution in [0.15, 0.2) is 11.3 Å². The number of amides is 1. The van der Waals surface area contributed by atoms with Crippen molar-refractivity contribution in [3.63, 3.8) is 0 Å². The van der Waals surface area contributed by atoms with Crippen LogP contribution in [0.3, 0.4) is 0 Å². The SMILES string of the molecule is NC(=O)CN1C[C@H](NOCc2ncn[nH]2)CC[C@H]1C1=NC1. The van der Waals surface area contributed by atoms with Crippen molar-refractivity contribution in [1.29, 1.82) is 0 Å². The van der Waals surface area contributed by atoms with Crippen LogP contribution in [0.1, 0.15) is 18.7 Å². The Bertz CT molecular complexity index is 516. The van der Waals surface area contributed by atoms with Crippen molar-refractivity contribution in [3.8, 4) is 0 Å². The fourth-order valence-corrected chi connectivity index (χ4v) is 2.68. The fourth-order valence-electron chi connectivity index (χ4n) is 2.68. The van der Waals surface area contributed by atoms with Gasteiger partial charge < -0.3 is 5.73 Å². The number of hydrogen-bond acceptors (Lipinski definition) is 7. The van der Waals surface area contributed by atoms with Gasteiger partial charge in [0.1, 0.15) is 12.9 Å². The number of hydrogen-bond donors (Lipinski definition) is 3. The molecule has 114 valence electrons. The number of hydroxylamine groups is 1. The minimum absolute atomic E-state index is 0.155. The van der Waals surface area contributed by atoms with Crippen LogP contribution in [-0.4, -0.2) is 63.4 Å². The summed E-state index contributed by atoms with van der Waals surface area (Å²) < 4.78 is 0. The van der Waals surface area contributed by atoms with E-state index in [0.29, 0.717) is 19.0 Å². The zero-order valence-corrected chi connectivity index (χ0v) is 11.7. The quantitative estimate of drug-likeness (QED) is 0.531. The molecule has 1 amide bonds. The zero-order chi connectivity index (χ0) is 14.7. The normalized spacial score (nSPS) is 25.6. The van der Waals surface area contributed by atoms with Crippen molar-refractivity contribution in [2.45, 2.75) is 31.5 Å². The monoisotopic (exact) mass is 293 g/mol. The summed E-state index contributed by atoms with van der Waals surface area (Å²) in [6, 6.07) is 0.410. The number of piperidine rings is 1. The van der Waals surface area contributed by atoms with E-state index in [0.717, 1.165) is 19.4 Å². The van der Waals surface area contributed by atoms with E-state index >= 15 is 0 Å². The predicted octanol–water partition coefficient (Wildman–Crippen LogP) is -1.40. The third-order valence-corrected chi connectivity index (χ3v) is 3.69. The van der Waals surface area contributed by atoms with E-state index in [2.05, 4.69) is 30.6 Å². The lowest BCUT2D eigenvalue weighted by Crippen LogP contribution is -2.54. The van der Waals surface area contributed by atoms with E-state index in [-0.39, 0.29) is 24.5 Å². The number of rotatable bonds is 7. The van der Waals surface area contributed by atoms with E-state index in [1.807, 2.05) is 0 Å². The second-order valence-electron chi connectivity index (χ2n) is 5.33. The lowest BCUT2D eigenvalue weighted by Gasteiger charge is -2.37. The third kappa shape index (κ3) is 3.84. The number of primary amides is 1. The van der Waals surface area contributed by atoms with Gasteiger partial charge in [0.25, 0.3) is 0 Å². The molecule has 1 aromatic heterocycles. The minimum Gasteiger partial charge on any atom is -0.369 e. The number of nitrogens with zero attached hydrogens (tertiary/aromatic N) is 4. The molecule has 0 unspecified atom stereocenters. The molecule has 2 aliphatic heterocycles. The standard InChI is InChI=1S/C12H19N7O2/c13-11(20)5-19-4-8(1-2-10(19)9-3-14-9)18-21-6-12-15-7-16-17-12/h7-8,10,18H,1-6H2,(H2,13,20)(H,15,16,17)/t8-,10+/m1/s1. The summed E-state index contributed by atoms with van der Waals surface area (Å²) in [6.45, 7) is 2.11. The van der Waals surface area contributed by atoms with Gasteiger partial charge in [-0.15, -0.1) is 0 Å². The number of aromatic amines is 1. The smallest absolute Gasteiger partial charge is 0.231 e. The summed E-state index contributed by atoms with van der Waals surface area (Å²) in [5.41, 5.74) is 9.52. The first-order valence-corrected chi connectivity index (χ1v) is 6.99. The predicted molar refractivity (Wildman–Crippen MR) is 74.2 cm³/mol. The number of nitrogens with one attached hydrogen (secondary N) is 2. The van der Waals surface area contributed by atoms with E-state index in [1.54, 1.807) is 0 Å². The second kappa shape index (κ2) is 6.29. The summed E-state index contributed by atoms with van der Waals surface area (Å²) in [5, 5.41) is 6.48. The van der Waals surface area contributed by atoms with Crippen molar-refractivity contribution in [2.24, 2.45) is 10.7 Å². The first kappa shape index (κ1) is 14.1. The fraction of sp³-hybridized carbons (Fsp3) is 0.667. The van der Waals surface area contributed by atoms with Gasteiger partial charge >= 0.3 is 0 Å². The Labute approximate surface area is 121 Å². The maximum atomic E-state index is 11.2. The van der Waals surface area contributed by atoms with Gasteiger partial charge in [-0.25, -0.2) is 4.98 Å². The molecule has 0 bridgehead atoms. The van der Waals surface area contributed by atoms with Crippen molar-refractivity contribution >= 4 is 11.6 Å². The average molecular weight is 293 g/mol. The van der Waals surface area contributed by atoms with Gasteiger partial charge in [0.15, 0.2) is 5.82 Å². The summed E-state index contributed by atoms with van der Waals surface area (Å²) in [7, 11) is 0. The molecule has 0 spiro atoms. The Hall–Kier alpha value is -1.84. The highest BCUT2D eigenvalue weighted by Gasteiger charge is 2.35. The van der Waals surface area contributed by atoms with E-state index in [4.69, 9.17) is 10.6 Å². The van der Waals surface area contributed by atoms with Gasteiger partial charge in [-0.3, -0.25) is 24.6 Å². The summed E-state index contributed by atoms with van der Waals surface area (Å²) >= 11 is 0. The van der Waals surface area contributed by atoms with E-state index in [9.17, 15) is 4.79 Å². The Balaban J connectivity index is 1.48. The van der Waals surface area contributed by atoms with Crippen molar-refractivity contribution < 1.29 is 9.63 Å². The molecule has 1 saturated heterocycles. The van der Waals surface area contributed by atoms with Gasteiger partial charge in [0, 0.05) is 12.6 Å². The molecule has 0 aliphatic carbocycles. The van der Waals surface area contributed by atoms with Gasteiger partial charge in [-0.05, 0) is 12.8 Å². The van der Waals surface area contributed by atoms with Crippen LogP contribution in [0, 0.1) is 0 Å². The lowest BCUT2D eigenvalue weighted by molar-refractivity contribution is -0.120. The number of H-pyrrole nitrogens is 1. The van der Waals surface area contributed by atoms with Gasteiger partial charge in [0.05, 0.1) is 24.8 Å². The summed E-state index contributed by atoms with van der Waals surface area (Å²) in [4.78, 5) is 26.9. The van der Waals surface area contributed by atoms with Crippen LogP contribution in [0.4, 0.5) is 0 Å². The molecule has 0 radical (unpaired) electrons. The number of nitrogens with two attached hydrogens (primary N) is 1. The number of likely N-dealkylation sites (tertiary alicyclic amines) is 1. The van der Waals surface area contributed by atoms with Crippen LogP contribution in [0.5, 0.6) is 0 Å². The molecule has 1 aromatic rings. The molecule has 9 heteroatoms. The Morgan fingerprint density at radius 1 is 1.57 bits per heavy atom. The van der Waals surface area contributed by atoms with Crippen LogP contribution >= 0.6 is 0 Å². The Morgan fingerprint density at radius 2 is 2.43 bits per heavy atom. The third-order valence-electron chi connectivity index (χ3n) is 3.69. The van der Waals surface area contributed by atoms with E-state index in [1.165, 1.54) is 12.0 Å². The van der Waals surface area contributed by atoms with Gasteiger partial charge in [0.2, 0.25) is 5.91 Å². The molecular weight excluding hydrogens is 274 g/mol. The first-order valence-electron chi connectivity index (χ1n) is 6.99. The topological polar surface area (TPSA) is 122 Å². The molecule has 4 N–H and O–H groups in total. The Morgan fingerprint density at radius 3 is 3.10 bits per heavy atom. The van der Waals surface area contributed by atoms with E-state index < -0.39 is 0 Å². The number of carbonyl (C=O) groups is 1. The maximum absolute atomic E-state index is 11.2. The van der Waals surface area contributed by atoms with Crippen molar-refractivity contribution in [3.05, 3.63) is 12.2 Å². The van der Waals surface area contributed by atoms with Crippen LogP contribution in [0.2, 0.25) is 0 Å². The van der Waals surface area contributed by atoms with Crippen LogP contribution in [0.25, 0.3) is 0 Å². The van der Waals surface area contributed by atoms with Crippen LogP contribution < -0.4 is 11.2 Å². The highest BCUT2D eigenvalue weighted by atomic mass is 16.6. The molecule has 2 atom stereocenters. The van der Waals surface area contributed by atoms with Crippen LogP contribution in [-0.2, 0) is 16.2 Å². The number of aliphatic imine (C=N–C) groups is 1. The Kier molecular flexibility index (Phi) is 4.23. The lowest BCUT2D eigenvalue weighted by atomic mass is 9.97. The molecule has 3 heterocycles. The molecule has 0 aromatic carbocycles. The molecule has 2 aliphatic rings. The molecular formula is C12H19N7O2. The largest absolute Gasteiger partial charge is 0.369 e. The highest BCUT2D eigenvalue weighted by molar-refractivity contribution is 6.01. The molecule has 1 fully saturated rings. The van der Waals surface area contributed by atoms with Gasteiger partial charge in [-0.2, -0.15) is 10.6 Å². The van der Waals surface area contributed by atoms with Crippen molar-refractivity contribution in [1.82, 2.24) is 25.6 Å². The summed E-state index contributed by atoms with van der Waals surface area (Å²) in [5.74, 6) is 0.349. The molecule has 21 heavy (non-hydrogen) atoms. The second-order valence-corrected chi connectivity index (χ2v) is 5.33. The maximum Gasteiger partial charge on any atom is 0.231 e. The summed E-state index contributed by atoms with van der Waals surface area (Å²) in [6.07, 6.45) is 3.36. The molecule has 9 nitrogen and oxygen atoms in total. The molecule has 0 saturated carbocycles. The zero-order valence-electron chi connectivity index (χ0n) is 11.7.